The minimum absolute atomic E-state index is 0.0880. The van der Waals surface area contributed by atoms with Crippen molar-refractivity contribution in [3.63, 3.8) is 0 Å². The van der Waals surface area contributed by atoms with Gasteiger partial charge in [0.1, 0.15) is 0 Å². The maximum atomic E-state index is 11.3. The summed E-state index contributed by atoms with van der Waals surface area (Å²) in [5.41, 5.74) is 1.73. The van der Waals surface area contributed by atoms with Gasteiger partial charge in [0.25, 0.3) is 0 Å². The molecule has 3 amide bonds. The maximum Gasteiger partial charge on any atom is 0.324 e. The van der Waals surface area contributed by atoms with Crippen LogP contribution in [-0.4, -0.2) is 28.4 Å². The molecule has 0 atom stereocenters. The minimum atomic E-state index is -0.343. The standard InChI is InChI=1S/C10H11N3O2/c1-7-3-2-4-11-8(7)6-13-9(14)5-12-10(13)15/h2-4H,5-6H2,1H3,(H,12,15). The number of aromatic nitrogens is 1. The largest absolute Gasteiger partial charge is 0.329 e. The van der Waals surface area contributed by atoms with Gasteiger partial charge in [-0.3, -0.25) is 14.7 Å². The smallest absolute Gasteiger partial charge is 0.324 e. The summed E-state index contributed by atoms with van der Waals surface area (Å²) in [7, 11) is 0. The molecule has 1 aliphatic heterocycles. The Morgan fingerprint density at radius 1 is 1.53 bits per heavy atom. The topological polar surface area (TPSA) is 62.3 Å². The molecule has 0 bridgehead atoms. The number of nitrogens with zero attached hydrogens (tertiary/aromatic N) is 2. The monoisotopic (exact) mass is 205 g/mol. The van der Waals surface area contributed by atoms with Gasteiger partial charge in [-0.15, -0.1) is 0 Å². The van der Waals surface area contributed by atoms with Gasteiger partial charge in [0, 0.05) is 6.20 Å². The van der Waals surface area contributed by atoms with Gasteiger partial charge in [-0.25, -0.2) is 4.79 Å². The Labute approximate surface area is 87.1 Å². The van der Waals surface area contributed by atoms with Gasteiger partial charge in [-0.2, -0.15) is 0 Å². The van der Waals surface area contributed by atoms with Crippen LogP contribution in [0.3, 0.4) is 0 Å². The summed E-state index contributed by atoms with van der Waals surface area (Å²) in [6, 6.07) is 3.39. The van der Waals surface area contributed by atoms with Crippen molar-refractivity contribution < 1.29 is 9.59 Å². The van der Waals surface area contributed by atoms with E-state index in [1.54, 1.807) is 6.20 Å². The second kappa shape index (κ2) is 3.68. The zero-order chi connectivity index (χ0) is 10.8. The molecule has 0 radical (unpaired) electrons. The molecule has 1 aromatic rings. The predicted octanol–water partition coefficient (Wildman–Crippen LogP) is 0.442. The van der Waals surface area contributed by atoms with E-state index in [4.69, 9.17) is 0 Å². The zero-order valence-electron chi connectivity index (χ0n) is 8.36. The van der Waals surface area contributed by atoms with Gasteiger partial charge in [0.15, 0.2) is 0 Å². The number of amides is 3. The zero-order valence-corrected chi connectivity index (χ0v) is 8.36. The van der Waals surface area contributed by atoms with Gasteiger partial charge >= 0.3 is 6.03 Å². The van der Waals surface area contributed by atoms with Crippen molar-refractivity contribution in [2.75, 3.05) is 6.54 Å². The lowest BCUT2D eigenvalue weighted by Gasteiger charge is -2.12. The third-order valence-electron chi connectivity index (χ3n) is 2.36. The summed E-state index contributed by atoms with van der Waals surface area (Å²) in [5.74, 6) is -0.204. The van der Waals surface area contributed by atoms with Gasteiger partial charge < -0.3 is 5.32 Å². The number of nitrogens with one attached hydrogen (secondary N) is 1. The van der Waals surface area contributed by atoms with E-state index in [-0.39, 0.29) is 25.0 Å². The lowest BCUT2D eigenvalue weighted by Crippen LogP contribution is -2.30. The molecule has 78 valence electrons. The number of carbonyl (C=O) groups is 2. The van der Waals surface area contributed by atoms with Crippen LogP contribution in [0.1, 0.15) is 11.3 Å². The fourth-order valence-electron chi connectivity index (χ4n) is 1.45. The second-order valence-corrected chi connectivity index (χ2v) is 3.41. The van der Waals surface area contributed by atoms with Crippen LogP contribution in [-0.2, 0) is 11.3 Å². The first kappa shape index (κ1) is 9.64. The number of aryl methyl sites for hydroxylation is 1. The number of urea groups is 1. The van der Waals surface area contributed by atoms with E-state index < -0.39 is 0 Å². The summed E-state index contributed by atoms with van der Waals surface area (Å²) in [6.07, 6.45) is 1.65. The Balaban J connectivity index is 2.18. The van der Waals surface area contributed by atoms with Crippen LogP contribution in [0.15, 0.2) is 18.3 Å². The van der Waals surface area contributed by atoms with Gasteiger partial charge in [0.2, 0.25) is 5.91 Å². The van der Waals surface area contributed by atoms with Crippen LogP contribution in [0.2, 0.25) is 0 Å². The highest BCUT2D eigenvalue weighted by Gasteiger charge is 2.28. The van der Waals surface area contributed by atoms with Crippen molar-refractivity contribution in [2.45, 2.75) is 13.5 Å². The predicted molar refractivity (Wildman–Crippen MR) is 52.9 cm³/mol. The highest BCUT2D eigenvalue weighted by Crippen LogP contribution is 2.09. The van der Waals surface area contributed by atoms with Crippen molar-refractivity contribution in [1.82, 2.24) is 15.2 Å². The third kappa shape index (κ3) is 1.81. The number of hydrogen-bond acceptors (Lipinski definition) is 3. The third-order valence-corrected chi connectivity index (χ3v) is 2.36. The first-order valence-electron chi connectivity index (χ1n) is 4.67. The van der Waals surface area contributed by atoms with Crippen LogP contribution >= 0.6 is 0 Å². The van der Waals surface area contributed by atoms with E-state index in [0.717, 1.165) is 11.3 Å². The molecule has 5 nitrogen and oxygen atoms in total. The second-order valence-electron chi connectivity index (χ2n) is 3.41. The van der Waals surface area contributed by atoms with Crippen LogP contribution in [0, 0.1) is 6.92 Å². The van der Waals surface area contributed by atoms with Gasteiger partial charge in [-0.05, 0) is 18.6 Å². The first-order valence-corrected chi connectivity index (χ1v) is 4.67. The minimum Gasteiger partial charge on any atom is -0.329 e. The Hall–Kier alpha value is -1.91. The molecule has 5 heteroatoms. The molecule has 0 spiro atoms. The van der Waals surface area contributed by atoms with E-state index in [2.05, 4.69) is 10.3 Å². The van der Waals surface area contributed by atoms with Crippen molar-refractivity contribution in [2.24, 2.45) is 0 Å². The normalized spacial score (nSPS) is 15.7. The van der Waals surface area contributed by atoms with Gasteiger partial charge in [-0.1, -0.05) is 6.07 Å². The van der Waals surface area contributed by atoms with E-state index in [9.17, 15) is 9.59 Å². The molecule has 2 rings (SSSR count). The molecule has 0 aromatic carbocycles. The van der Waals surface area contributed by atoms with Crippen LogP contribution in [0.4, 0.5) is 4.79 Å². The Morgan fingerprint density at radius 2 is 2.33 bits per heavy atom. The summed E-state index contributed by atoms with van der Waals surface area (Å²) in [5, 5.41) is 2.47. The SMILES string of the molecule is Cc1cccnc1CN1C(=O)CNC1=O. The summed E-state index contributed by atoms with van der Waals surface area (Å²) in [6.45, 7) is 2.24. The van der Waals surface area contributed by atoms with Crippen LogP contribution in [0.25, 0.3) is 0 Å². The quantitative estimate of drug-likeness (QED) is 0.713. The van der Waals surface area contributed by atoms with E-state index in [0.29, 0.717) is 0 Å². The van der Waals surface area contributed by atoms with Crippen molar-refractivity contribution in [3.8, 4) is 0 Å². The van der Waals surface area contributed by atoms with Crippen molar-refractivity contribution in [3.05, 3.63) is 29.6 Å². The van der Waals surface area contributed by atoms with E-state index >= 15 is 0 Å². The number of hydrogen-bond donors (Lipinski definition) is 1. The van der Waals surface area contributed by atoms with Gasteiger partial charge in [0.05, 0.1) is 18.8 Å². The molecule has 15 heavy (non-hydrogen) atoms. The maximum absolute atomic E-state index is 11.3. The lowest BCUT2D eigenvalue weighted by atomic mass is 10.2. The van der Waals surface area contributed by atoms with Crippen molar-refractivity contribution >= 4 is 11.9 Å². The fourth-order valence-corrected chi connectivity index (χ4v) is 1.45. The highest BCUT2D eigenvalue weighted by molar-refractivity contribution is 6.01. The molecule has 1 fully saturated rings. The molecule has 1 aliphatic rings. The van der Waals surface area contributed by atoms with E-state index in [1.807, 2.05) is 19.1 Å². The Kier molecular flexibility index (Phi) is 2.37. The molecule has 1 saturated heterocycles. The number of pyridine rings is 1. The number of carbonyl (C=O) groups excluding carboxylic acids is 2. The van der Waals surface area contributed by atoms with Crippen LogP contribution < -0.4 is 5.32 Å². The lowest BCUT2D eigenvalue weighted by molar-refractivity contribution is -0.125. The first-order chi connectivity index (χ1) is 7.18. The average Bonchev–Trinajstić information content (AvgIpc) is 2.53. The Morgan fingerprint density at radius 3 is 2.93 bits per heavy atom. The van der Waals surface area contributed by atoms with E-state index in [1.165, 1.54) is 4.90 Å². The molecule has 0 aliphatic carbocycles. The summed E-state index contributed by atoms with van der Waals surface area (Å²) < 4.78 is 0. The molecular formula is C10H11N3O2. The molecule has 1 aromatic heterocycles. The molecule has 0 unspecified atom stereocenters. The van der Waals surface area contributed by atoms with Crippen LogP contribution in [0.5, 0.6) is 0 Å². The molecule has 0 saturated carbocycles. The summed E-state index contributed by atoms with van der Waals surface area (Å²) >= 11 is 0. The average molecular weight is 205 g/mol. The summed E-state index contributed by atoms with van der Waals surface area (Å²) in [4.78, 5) is 27.9. The molecular weight excluding hydrogens is 194 g/mol. The fraction of sp³-hybridized carbons (Fsp3) is 0.300. The number of rotatable bonds is 2. The highest BCUT2D eigenvalue weighted by atomic mass is 16.2. The molecule has 2 heterocycles. The molecule has 1 N–H and O–H groups in total. The number of imide groups is 1. The Bertz CT molecular complexity index is 401. The van der Waals surface area contributed by atoms with Crippen molar-refractivity contribution in [1.29, 1.82) is 0 Å².